The molecule has 6 heteroatoms. The first kappa shape index (κ1) is 14.1. The van der Waals surface area contributed by atoms with Gasteiger partial charge in [-0.1, -0.05) is 6.92 Å². The van der Waals surface area contributed by atoms with Crippen LogP contribution in [0.2, 0.25) is 0 Å². The normalized spacial score (nSPS) is 30.8. The van der Waals surface area contributed by atoms with Crippen molar-refractivity contribution in [1.82, 2.24) is 24.6 Å². The van der Waals surface area contributed by atoms with Crippen LogP contribution in [-0.4, -0.2) is 43.6 Å². The van der Waals surface area contributed by atoms with Gasteiger partial charge in [0.25, 0.3) is 0 Å². The van der Waals surface area contributed by atoms with E-state index in [1.807, 2.05) is 12.1 Å². The molecule has 4 atom stereocenters. The molecule has 0 spiro atoms. The van der Waals surface area contributed by atoms with Crippen molar-refractivity contribution in [3.8, 4) is 11.4 Å². The summed E-state index contributed by atoms with van der Waals surface area (Å²) in [5.41, 5.74) is 1.05. The summed E-state index contributed by atoms with van der Waals surface area (Å²) >= 11 is 0. The summed E-state index contributed by atoms with van der Waals surface area (Å²) in [7, 11) is 0. The fraction of sp³-hybridized carbons (Fsp3) is 0.556. The van der Waals surface area contributed by atoms with Crippen LogP contribution < -0.4 is 0 Å². The Hall–Kier alpha value is -2.24. The van der Waals surface area contributed by atoms with E-state index in [9.17, 15) is 4.79 Å². The molecule has 5 rings (SSSR count). The van der Waals surface area contributed by atoms with Crippen molar-refractivity contribution in [3.05, 3.63) is 30.4 Å². The topological polar surface area (TPSA) is 63.9 Å². The molecule has 4 heterocycles. The molecule has 2 aliphatic heterocycles. The minimum atomic E-state index is 0.269. The average Bonchev–Trinajstić information content (AvgIpc) is 3.02. The zero-order valence-electron chi connectivity index (χ0n) is 13.8. The van der Waals surface area contributed by atoms with E-state index in [1.165, 1.54) is 0 Å². The number of carbonyl (C=O) groups is 1. The van der Waals surface area contributed by atoms with Crippen LogP contribution in [-0.2, 0) is 11.2 Å². The summed E-state index contributed by atoms with van der Waals surface area (Å²) in [6.45, 7) is 3.86. The van der Waals surface area contributed by atoms with Gasteiger partial charge in [-0.15, -0.1) is 10.2 Å². The summed E-state index contributed by atoms with van der Waals surface area (Å²) in [6, 6.07) is 4.26. The minimum Gasteiger partial charge on any atom is -0.340 e. The fourth-order valence-corrected chi connectivity index (χ4v) is 4.37. The van der Waals surface area contributed by atoms with E-state index in [0.29, 0.717) is 23.8 Å². The van der Waals surface area contributed by atoms with Crippen LogP contribution in [0.25, 0.3) is 11.4 Å². The predicted octanol–water partition coefficient (Wildman–Crippen LogP) is 1.94. The highest BCUT2D eigenvalue weighted by Crippen LogP contribution is 2.43. The maximum Gasteiger partial charge on any atom is 0.226 e. The number of pyridine rings is 1. The smallest absolute Gasteiger partial charge is 0.226 e. The summed E-state index contributed by atoms with van der Waals surface area (Å²) in [6.07, 6.45) is 6.68. The lowest BCUT2D eigenvalue weighted by Gasteiger charge is -2.27. The van der Waals surface area contributed by atoms with Crippen molar-refractivity contribution in [2.75, 3.05) is 13.1 Å². The molecule has 1 saturated carbocycles. The van der Waals surface area contributed by atoms with Crippen molar-refractivity contribution >= 4 is 5.91 Å². The molecule has 0 radical (unpaired) electrons. The van der Waals surface area contributed by atoms with Crippen molar-refractivity contribution in [2.24, 2.45) is 17.8 Å². The molecular formula is C18H21N5O. The van der Waals surface area contributed by atoms with Crippen molar-refractivity contribution < 1.29 is 4.79 Å². The number of fused-ring (bicyclic) bond motifs is 3. The van der Waals surface area contributed by atoms with Gasteiger partial charge >= 0.3 is 0 Å². The maximum absolute atomic E-state index is 12.6. The van der Waals surface area contributed by atoms with E-state index in [1.54, 1.807) is 12.4 Å². The zero-order valence-corrected chi connectivity index (χ0v) is 13.8. The third kappa shape index (κ3) is 2.08. The van der Waals surface area contributed by atoms with Crippen molar-refractivity contribution in [2.45, 2.75) is 32.2 Å². The minimum absolute atomic E-state index is 0.269. The third-order valence-corrected chi connectivity index (χ3v) is 5.92. The second-order valence-electron chi connectivity index (χ2n) is 7.47. The van der Waals surface area contributed by atoms with E-state index >= 15 is 0 Å². The Morgan fingerprint density at radius 3 is 2.75 bits per heavy atom. The Bertz CT molecular complexity index is 786. The average molecular weight is 323 g/mol. The largest absolute Gasteiger partial charge is 0.340 e. The standard InChI is InChI=1S/C18H21N5O/c1-11-8-14(11)18(24)22-9-13-2-3-16-20-21-17(23(16)15(13)10-22)12-4-6-19-7-5-12/h4-7,11,13-15H,2-3,8-10H2,1H3/t11?,13-,14?,15+/m1/s1. The number of amides is 1. The number of rotatable bonds is 2. The predicted molar refractivity (Wildman–Crippen MR) is 88.0 cm³/mol. The van der Waals surface area contributed by atoms with Crippen LogP contribution in [0.15, 0.2) is 24.5 Å². The van der Waals surface area contributed by atoms with Gasteiger partial charge < -0.3 is 9.47 Å². The summed E-state index contributed by atoms with van der Waals surface area (Å²) in [4.78, 5) is 18.8. The van der Waals surface area contributed by atoms with Crippen LogP contribution in [0.4, 0.5) is 0 Å². The number of hydrogen-bond acceptors (Lipinski definition) is 4. The molecule has 6 nitrogen and oxygen atoms in total. The van der Waals surface area contributed by atoms with E-state index in [-0.39, 0.29) is 5.92 Å². The summed E-state index contributed by atoms with van der Waals surface area (Å²) in [5, 5.41) is 8.85. The highest BCUT2D eigenvalue weighted by atomic mass is 16.2. The molecule has 2 aromatic heterocycles. The summed E-state index contributed by atoms with van der Waals surface area (Å²) in [5.74, 6) is 3.68. The van der Waals surface area contributed by atoms with E-state index in [0.717, 1.165) is 49.6 Å². The lowest BCUT2D eigenvalue weighted by Crippen LogP contribution is -2.31. The van der Waals surface area contributed by atoms with Crippen molar-refractivity contribution in [3.63, 3.8) is 0 Å². The Morgan fingerprint density at radius 2 is 2.00 bits per heavy atom. The number of nitrogens with zero attached hydrogens (tertiary/aromatic N) is 5. The quantitative estimate of drug-likeness (QED) is 0.847. The van der Waals surface area contributed by atoms with Gasteiger partial charge in [-0.3, -0.25) is 9.78 Å². The van der Waals surface area contributed by atoms with Crippen LogP contribution in [0, 0.1) is 17.8 Å². The third-order valence-electron chi connectivity index (χ3n) is 5.92. The monoisotopic (exact) mass is 323 g/mol. The molecule has 2 aromatic rings. The first-order chi connectivity index (χ1) is 11.7. The number of carbonyl (C=O) groups excluding carboxylic acids is 1. The lowest BCUT2D eigenvalue weighted by atomic mass is 9.93. The molecule has 2 unspecified atom stereocenters. The summed E-state index contributed by atoms with van der Waals surface area (Å²) < 4.78 is 2.28. The van der Waals surface area contributed by atoms with E-state index in [2.05, 4.69) is 31.6 Å². The van der Waals surface area contributed by atoms with Gasteiger partial charge in [0.1, 0.15) is 5.82 Å². The molecule has 124 valence electrons. The first-order valence-electron chi connectivity index (χ1n) is 8.85. The van der Waals surface area contributed by atoms with Gasteiger partial charge in [0.15, 0.2) is 5.82 Å². The van der Waals surface area contributed by atoms with E-state index in [4.69, 9.17) is 0 Å². The van der Waals surface area contributed by atoms with Crippen LogP contribution in [0.5, 0.6) is 0 Å². The number of aryl methyl sites for hydroxylation is 1. The Kier molecular flexibility index (Phi) is 3.02. The Labute approximate surface area is 140 Å². The highest BCUT2D eigenvalue weighted by molar-refractivity contribution is 5.82. The molecule has 1 amide bonds. The van der Waals surface area contributed by atoms with Crippen LogP contribution in [0.1, 0.15) is 31.6 Å². The maximum atomic E-state index is 12.6. The highest BCUT2D eigenvalue weighted by Gasteiger charge is 2.47. The first-order valence-corrected chi connectivity index (χ1v) is 8.85. The Morgan fingerprint density at radius 1 is 1.21 bits per heavy atom. The second-order valence-corrected chi connectivity index (χ2v) is 7.47. The molecule has 1 aliphatic carbocycles. The SMILES string of the molecule is CC1CC1C(=O)N1C[C@H]2CCc3nnc(-c4ccncc4)n3[C@H]2C1. The molecule has 2 fully saturated rings. The lowest BCUT2D eigenvalue weighted by molar-refractivity contribution is -0.132. The molecule has 0 aromatic carbocycles. The molecule has 0 N–H and O–H groups in total. The fourth-order valence-electron chi connectivity index (χ4n) is 4.37. The molecular weight excluding hydrogens is 302 g/mol. The number of likely N-dealkylation sites (tertiary alicyclic amines) is 1. The van der Waals surface area contributed by atoms with Crippen molar-refractivity contribution in [1.29, 1.82) is 0 Å². The van der Waals surface area contributed by atoms with Crippen LogP contribution >= 0.6 is 0 Å². The van der Waals surface area contributed by atoms with Gasteiger partial charge in [-0.2, -0.15) is 0 Å². The number of aromatic nitrogens is 4. The molecule has 0 bridgehead atoms. The molecule has 3 aliphatic rings. The molecule has 1 saturated heterocycles. The van der Waals surface area contributed by atoms with Gasteiger partial charge in [0, 0.05) is 43.4 Å². The zero-order chi connectivity index (χ0) is 16.3. The molecule has 24 heavy (non-hydrogen) atoms. The van der Waals surface area contributed by atoms with Gasteiger partial charge in [-0.05, 0) is 36.8 Å². The van der Waals surface area contributed by atoms with Gasteiger partial charge in [0.05, 0.1) is 6.04 Å². The second kappa shape index (κ2) is 5.13. The van der Waals surface area contributed by atoms with Gasteiger partial charge in [-0.25, -0.2) is 0 Å². The van der Waals surface area contributed by atoms with E-state index < -0.39 is 0 Å². The number of hydrogen-bond donors (Lipinski definition) is 0. The van der Waals surface area contributed by atoms with Crippen LogP contribution in [0.3, 0.4) is 0 Å². The van der Waals surface area contributed by atoms with Gasteiger partial charge in [0.2, 0.25) is 5.91 Å². The Balaban J connectivity index is 1.47.